The highest BCUT2D eigenvalue weighted by molar-refractivity contribution is 14.1. The molecule has 0 bridgehead atoms. The first kappa shape index (κ1) is 9.51. The SMILES string of the molecule is O=CCCOc1ccc(I)cc1. The number of carbonyl (C=O) groups excluding carboxylic acids is 1. The molecule has 0 aromatic heterocycles. The molecular weight excluding hydrogens is 267 g/mol. The molecule has 0 amide bonds. The van der Waals surface area contributed by atoms with E-state index in [2.05, 4.69) is 22.6 Å². The van der Waals surface area contributed by atoms with Gasteiger partial charge in [-0.15, -0.1) is 0 Å². The Morgan fingerprint density at radius 1 is 1.33 bits per heavy atom. The zero-order valence-corrected chi connectivity index (χ0v) is 8.65. The van der Waals surface area contributed by atoms with Gasteiger partial charge in [-0.3, -0.25) is 0 Å². The van der Waals surface area contributed by atoms with E-state index in [1.165, 1.54) is 3.57 Å². The Morgan fingerprint density at radius 3 is 2.58 bits per heavy atom. The van der Waals surface area contributed by atoms with E-state index < -0.39 is 0 Å². The fourth-order valence-corrected chi connectivity index (χ4v) is 1.12. The van der Waals surface area contributed by atoms with Crippen LogP contribution >= 0.6 is 22.6 Å². The van der Waals surface area contributed by atoms with Crippen molar-refractivity contribution in [1.29, 1.82) is 0 Å². The maximum absolute atomic E-state index is 9.97. The van der Waals surface area contributed by atoms with Crippen molar-refractivity contribution in [3.8, 4) is 5.75 Å². The van der Waals surface area contributed by atoms with Gasteiger partial charge >= 0.3 is 0 Å². The van der Waals surface area contributed by atoms with Gasteiger partial charge < -0.3 is 9.53 Å². The summed E-state index contributed by atoms with van der Waals surface area (Å²) in [6.07, 6.45) is 1.30. The van der Waals surface area contributed by atoms with Crippen LogP contribution in [0, 0.1) is 3.57 Å². The second kappa shape index (κ2) is 5.13. The highest BCUT2D eigenvalue weighted by Crippen LogP contribution is 2.13. The average Bonchev–Trinajstić information content (AvgIpc) is 2.09. The molecule has 0 saturated heterocycles. The third kappa shape index (κ3) is 3.21. The molecule has 0 radical (unpaired) electrons. The Morgan fingerprint density at radius 2 is 2.00 bits per heavy atom. The first-order valence-electron chi connectivity index (χ1n) is 3.65. The Labute approximate surface area is 85.1 Å². The number of carbonyl (C=O) groups is 1. The van der Waals surface area contributed by atoms with Gasteiger partial charge in [0.15, 0.2) is 0 Å². The quantitative estimate of drug-likeness (QED) is 0.479. The lowest BCUT2D eigenvalue weighted by molar-refractivity contribution is -0.108. The second-order valence-corrected chi connectivity index (χ2v) is 3.50. The number of aldehydes is 1. The molecule has 0 heterocycles. The Bertz CT molecular complexity index is 243. The van der Waals surface area contributed by atoms with E-state index in [4.69, 9.17) is 4.74 Å². The smallest absolute Gasteiger partial charge is 0.123 e. The summed E-state index contributed by atoms with van der Waals surface area (Å²) in [7, 11) is 0. The van der Waals surface area contributed by atoms with Crippen LogP contribution in [0.4, 0.5) is 0 Å². The van der Waals surface area contributed by atoms with Crippen LogP contribution in [0.1, 0.15) is 6.42 Å². The zero-order valence-electron chi connectivity index (χ0n) is 6.50. The molecule has 1 aromatic rings. The van der Waals surface area contributed by atoms with E-state index in [-0.39, 0.29) is 0 Å². The van der Waals surface area contributed by atoms with Crippen LogP contribution in [0.3, 0.4) is 0 Å². The molecule has 0 spiro atoms. The minimum Gasteiger partial charge on any atom is -0.493 e. The number of ether oxygens (including phenoxy) is 1. The molecule has 3 heteroatoms. The lowest BCUT2D eigenvalue weighted by Gasteiger charge is -2.02. The van der Waals surface area contributed by atoms with E-state index in [0.717, 1.165) is 12.0 Å². The van der Waals surface area contributed by atoms with Gasteiger partial charge in [0, 0.05) is 9.99 Å². The Kier molecular flexibility index (Phi) is 4.07. The summed E-state index contributed by atoms with van der Waals surface area (Å²) in [6, 6.07) is 7.73. The van der Waals surface area contributed by atoms with Crippen molar-refractivity contribution < 1.29 is 9.53 Å². The summed E-state index contributed by atoms with van der Waals surface area (Å²) in [5, 5.41) is 0. The van der Waals surface area contributed by atoms with Gasteiger partial charge in [0.05, 0.1) is 6.61 Å². The zero-order chi connectivity index (χ0) is 8.81. The van der Waals surface area contributed by atoms with Crippen molar-refractivity contribution in [3.05, 3.63) is 27.8 Å². The minimum atomic E-state index is 0.450. The molecule has 64 valence electrons. The lowest BCUT2D eigenvalue weighted by Crippen LogP contribution is -1.97. The molecule has 0 saturated carbocycles. The van der Waals surface area contributed by atoms with Gasteiger partial charge in [-0.05, 0) is 46.9 Å². The molecule has 0 unspecified atom stereocenters. The minimum absolute atomic E-state index is 0.450. The van der Waals surface area contributed by atoms with Crippen molar-refractivity contribution in [2.24, 2.45) is 0 Å². The highest BCUT2D eigenvalue weighted by atomic mass is 127. The molecule has 1 rings (SSSR count). The highest BCUT2D eigenvalue weighted by Gasteiger charge is 1.91. The molecule has 0 aliphatic carbocycles. The molecule has 0 fully saturated rings. The maximum atomic E-state index is 9.97. The molecule has 0 N–H and O–H groups in total. The lowest BCUT2D eigenvalue weighted by atomic mass is 10.3. The first-order valence-corrected chi connectivity index (χ1v) is 4.73. The van der Waals surface area contributed by atoms with Crippen molar-refractivity contribution in [2.45, 2.75) is 6.42 Å². The van der Waals surface area contributed by atoms with E-state index >= 15 is 0 Å². The number of benzene rings is 1. The van der Waals surface area contributed by atoms with Crippen LogP contribution in [0.15, 0.2) is 24.3 Å². The molecular formula is C9H9IO2. The van der Waals surface area contributed by atoms with Crippen LogP contribution in [-0.4, -0.2) is 12.9 Å². The van der Waals surface area contributed by atoms with Crippen LogP contribution in [-0.2, 0) is 4.79 Å². The van der Waals surface area contributed by atoms with Crippen molar-refractivity contribution >= 4 is 28.9 Å². The molecule has 1 aromatic carbocycles. The van der Waals surface area contributed by atoms with Gasteiger partial charge in [0.1, 0.15) is 12.0 Å². The van der Waals surface area contributed by atoms with Crippen LogP contribution in [0.25, 0.3) is 0 Å². The number of rotatable bonds is 4. The monoisotopic (exact) mass is 276 g/mol. The topological polar surface area (TPSA) is 26.3 Å². The molecule has 0 atom stereocenters. The number of hydrogen-bond donors (Lipinski definition) is 0. The van der Waals surface area contributed by atoms with Gasteiger partial charge in [0.25, 0.3) is 0 Å². The van der Waals surface area contributed by atoms with E-state index in [0.29, 0.717) is 13.0 Å². The van der Waals surface area contributed by atoms with Crippen molar-refractivity contribution in [2.75, 3.05) is 6.61 Å². The average molecular weight is 276 g/mol. The maximum Gasteiger partial charge on any atom is 0.123 e. The van der Waals surface area contributed by atoms with Gasteiger partial charge in [-0.2, -0.15) is 0 Å². The third-order valence-corrected chi connectivity index (χ3v) is 2.04. The third-order valence-electron chi connectivity index (χ3n) is 1.32. The van der Waals surface area contributed by atoms with Crippen molar-refractivity contribution in [3.63, 3.8) is 0 Å². The normalized spacial score (nSPS) is 9.42. The number of halogens is 1. The predicted molar refractivity (Wildman–Crippen MR) is 55.3 cm³/mol. The van der Waals surface area contributed by atoms with Crippen LogP contribution in [0.2, 0.25) is 0 Å². The molecule has 0 aliphatic heterocycles. The molecule has 12 heavy (non-hydrogen) atoms. The number of hydrogen-bond acceptors (Lipinski definition) is 2. The summed E-state index contributed by atoms with van der Waals surface area (Å²) >= 11 is 2.23. The van der Waals surface area contributed by atoms with E-state index in [1.807, 2.05) is 24.3 Å². The summed E-state index contributed by atoms with van der Waals surface area (Å²) in [5.74, 6) is 0.817. The summed E-state index contributed by atoms with van der Waals surface area (Å²) in [4.78, 5) is 9.97. The standard InChI is InChI=1S/C9H9IO2/c10-8-2-4-9(5-3-8)12-7-1-6-11/h2-6H,1,7H2. The fraction of sp³-hybridized carbons (Fsp3) is 0.222. The summed E-state index contributed by atoms with van der Waals surface area (Å²) in [5.41, 5.74) is 0. The van der Waals surface area contributed by atoms with Gasteiger partial charge in [-0.1, -0.05) is 0 Å². The second-order valence-electron chi connectivity index (χ2n) is 2.26. The van der Waals surface area contributed by atoms with Crippen molar-refractivity contribution in [1.82, 2.24) is 0 Å². The first-order chi connectivity index (χ1) is 5.83. The van der Waals surface area contributed by atoms with E-state index in [9.17, 15) is 4.79 Å². The largest absolute Gasteiger partial charge is 0.493 e. The summed E-state index contributed by atoms with van der Waals surface area (Å²) in [6.45, 7) is 0.462. The van der Waals surface area contributed by atoms with Crippen LogP contribution < -0.4 is 4.74 Å². The van der Waals surface area contributed by atoms with Gasteiger partial charge in [0.2, 0.25) is 0 Å². The molecule has 2 nitrogen and oxygen atoms in total. The summed E-state index contributed by atoms with van der Waals surface area (Å²) < 4.78 is 6.44. The van der Waals surface area contributed by atoms with Crippen LogP contribution in [0.5, 0.6) is 5.75 Å². The van der Waals surface area contributed by atoms with Gasteiger partial charge in [-0.25, -0.2) is 0 Å². The van der Waals surface area contributed by atoms with E-state index in [1.54, 1.807) is 0 Å². The predicted octanol–water partition coefficient (Wildman–Crippen LogP) is 2.26. The Balaban J connectivity index is 2.42. The molecule has 0 aliphatic rings. The Hall–Kier alpha value is -0.580. The fourth-order valence-electron chi connectivity index (χ4n) is 0.756.